The lowest BCUT2D eigenvalue weighted by molar-refractivity contribution is -0.138. The summed E-state index contributed by atoms with van der Waals surface area (Å²) < 4.78 is 4.84. The van der Waals surface area contributed by atoms with Crippen molar-refractivity contribution in [2.45, 2.75) is 6.92 Å². The highest BCUT2D eigenvalue weighted by Crippen LogP contribution is 2.15. The fourth-order valence-electron chi connectivity index (χ4n) is 1.14. The van der Waals surface area contributed by atoms with Crippen molar-refractivity contribution in [2.24, 2.45) is 5.18 Å². The average Bonchev–Trinajstić information content (AvgIpc) is 2.21. The van der Waals surface area contributed by atoms with Crippen LogP contribution in [0.25, 0.3) is 0 Å². The van der Waals surface area contributed by atoms with Crippen LogP contribution in [-0.4, -0.2) is 24.5 Å². The number of hydrogen-bond donors (Lipinski definition) is 0. The van der Waals surface area contributed by atoms with Gasteiger partial charge in [-0.25, -0.2) is 4.79 Å². The van der Waals surface area contributed by atoms with E-state index in [2.05, 4.69) is 5.18 Å². The van der Waals surface area contributed by atoms with E-state index in [0.29, 0.717) is 17.9 Å². The molecule has 0 aromatic rings. The minimum Gasteiger partial charge on any atom is -0.462 e. The molecule has 1 rings (SSSR count). The Labute approximate surface area is 87.7 Å². The number of allylic oxidation sites excluding steroid dienone is 1. The number of rotatable bonds is 3. The van der Waals surface area contributed by atoms with Gasteiger partial charge in [0.15, 0.2) is 0 Å². The molecular weight excluding hydrogens is 196 g/mol. The van der Waals surface area contributed by atoms with Gasteiger partial charge in [-0.3, -0.25) is 0 Å². The molecule has 0 N–H and O–H groups in total. The molecular formula is C10H12N2O3. The summed E-state index contributed by atoms with van der Waals surface area (Å²) in [6.45, 7) is 2.09. The van der Waals surface area contributed by atoms with Gasteiger partial charge in [-0.1, -0.05) is 0 Å². The molecule has 1 aliphatic rings. The van der Waals surface area contributed by atoms with Crippen LogP contribution in [0.2, 0.25) is 0 Å². The first-order valence-electron chi connectivity index (χ1n) is 4.51. The molecule has 0 radical (unpaired) electrons. The molecule has 0 aliphatic carbocycles. The van der Waals surface area contributed by atoms with Gasteiger partial charge in [0.25, 0.3) is 0 Å². The summed E-state index contributed by atoms with van der Waals surface area (Å²) >= 11 is 0. The largest absolute Gasteiger partial charge is 0.462 e. The number of carbonyl (C=O) groups excluding carboxylic acids is 1. The fourth-order valence-corrected chi connectivity index (χ4v) is 1.14. The van der Waals surface area contributed by atoms with Crippen molar-refractivity contribution in [1.82, 2.24) is 4.90 Å². The second-order valence-corrected chi connectivity index (χ2v) is 2.91. The molecule has 80 valence electrons. The number of esters is 1. The van der Waals surface area contributed by atoms with Crippen molar-refractivity contribution in [1.29, 1.82) is 0 Å². The van der Waals surface area contributed by atoms with Gasteiger partial charge >= 0.3 is 5.97 Å². The third kappa shape index (κ3) is 2.77. The maximum absolute atomic E-state index is 11.3. The van der Waals surface area contributed by atoms with Crippen LogP contribution in [0.5, 0.6) is 0 Å². The molecule has 5 nitrogen and oxygen atoms in total. The maximum Gasteiger partial charge on any atom is 0.339 e. The van der Waals surface area contributed by atoms with Gasteiger partial charge in [0, 0.05) is 13.2 Å². The van der Waals surface area contributed by atoms with Crippen LogP contribution in [0.3, 0.4) is 0 Å². The van der Waals surface area contributed by atoms with Crippen LogP contribution in [0.1, 0.15) is 6.92 Å². The molecule has 15 heavy (non-hydrogen) atoms. The topological polar surface area (TPSA) is 59.0 Å². The summed E-state index contributed by atoms with van der Waals surface area (Å²) in [4.78, 5) is 23.0. The van der Waals surface area contributed by atoms with E-state index in [1.807, 2.05) is 0 Å². The molecule has 0 bridgehead atoms. The zero-order valence-electron chi connectivity index (χ0n) is 8.64. The number of carbonyl (C=O) groups is 1. The summed E-state index contributed by atoms with van der Waals surface area (Å²) in [7, 11) is 1.72. The standard InChI is InChI=1S/C10H12N2O3/c1-3-15-10(13)8-4-5-9(6-11-14)12(2)7-8/h4-7H,3H2,1-2H3/b9-6+. The third-order valence-corrected chi connectivity index (χ3v) is 1.87. The van der Waals surface area contributed by atoms with E-state index < -0.39 is 0 Å². The Morgan fingerprint density at radius 2 is 2.33 bits per heavy atom. The SMILES string of the molecule is CCOC(=O)C1=CN(C)/C(=C/N=O)C=C1. The van der Waals surface area contributed by atoms with Gasteiger partial charge in [0.1, 0.15) is 0 Å². The predicted octanol–water partition coefficient (Wildman–Crippen LogP) is 1.54. The van der Waals surface area contributed by atoms with Crippen molar-refractivity contribution >= 4 is 5.97 Å². The number of likely N-dealkylation sites (N-methyl/N-ethyl adjacent to an activating group) is 1. The van der Waals surface area contributed by atoms with E-state index in [1.165, 1.54) is 6.20 Å². The summed E-state index contributed by atoms with van der Waals surface area (Å²) in [5.41, 5.74) is 1.07. The first-order chi connectivity index (χ1) is 7.19. The van der Waals surface area contributed by atoms with E-state index in [4.69, 9.17) is 4.74 Å². The minimum atomic E-state index is -0.376. The van der Waals surface area contributed by atoms with E-state index >= 15 is 0 Å². The Balaban J connectivity index is 2.79. The smallest absolute Gasteiger partial charge is 0.339 e. The molecule has 0 aromatic heterocycles. The molecule has 0 spiro atoms. The summed E-state index contributed by atoms with van der Waals surface area (Å²) in [6, 6.07) is 0. The number of nitrogens with zero attached hydrogens (tertiary/aromatic N) is 2. The molecule has 1 aliphatic heterocycles. The van der Waals surface area contributed by atoms with Gasteiger partial charge in [0.2, 0.25) is 0 Å². The van der Waals surface area contributed by atoms with Gasteiger partial charge in [-0.05, 0) is 24.3 Å². The second kappa shape index (κ2) is 5.09. The number of hydrogen-bond acceptors (Lipinski definition) is 5. The summed E-state index contributed by atoms with van der Waals surface area (Å²) in [6.07, 6.45) is 5.99. The minimum absolute atomic E-state index is 0.340. The van der Waals surface area contributed by atoms with Crippen molar-refractivity contribution in [2.75, 3.05) is 13.7 Å². The molecule has 0 unspecified atom stereocenters. The van der Waals surface area contributed by atoms with Crippen molar-refractivity contribution in [3.8, 4) is 0 Å². The average molecular weight is 208 g/mol. The quantitative estimate of drug-likeness (QED) is 0.521. The molecule has 0 saturated carbocycles. The Morgan fingerprint density at radius 3 is 2.87 bits per heavy atom. The summed E-state index contributed by atoms with van der Waals surface area (Å²) in [5, 5.41) is 2.67. The predicted molar refractivity (Wildman–Crippen MR) is 55.5 cm³/mol. The highest BCUT2D eigenvalue weighted by Gasteiger charge is 2.13. The fraction of sp³-hybridized carbons (Fsp3) is 0.300. The Kier molecular flexibility index (Phi) is 3.79. The van der Waals surface area contributed by atoms with Crippen molar-refractivity contribution in [3.63, 3.8) is 0 Å². The van der Waals surface area contributed by atoms with Crippen LogP contribution in [0.4, 0.5) is 0 Å². The molecule has 0 saturated heterocycles. The van der Waals surface area contributed by atoms with Crippen LogP contribution in [0.15, 0.2) is 41.0 Å². The first kappa shape index (κ1) is 11.2. The zero-order chi connectivity index (χ0) is 11.3. The Hall–Kier alpha value is -1.91. The van der Waals surface area contributed by atoms with Gasteiger partial charge < -0.3 is 9.64 Å². The van der Waals surface area contributed by atoms with E-state index in [-0.39, 0.29) is 5.97 Å². The van der Waals surface area contributed by atoms with Crippen LogP contribution in [0, 0.1) is 4.91 Å². The molecule has 1 heterocycles. The first-order valence-corrected chi connectivity index (χ1v) is 4.51. The zero-order valence-corrected chi connectivity index (χ0v) is 8.64. The summed E-state index contributed by atoms with van der Waals surface area (Å²) in [5.74, 6) is -0.376. The third-order valence-electron chi connectivity index (χ3n) is 1.87. The lowest BCUT2D eigenvalue weighted by Gasteiger charge is -2.19. The monoisotopic (exact) mass is 208 g/mol. The van der Waals surface area contributed by atoms with Gasteiger partial charge in [-0.15, -0.1) is 4.91 Å². The van der Waals surface area contributed by atoms with Crippen LogP contribution >= 0.6 is 0 Å². The Morgan fingerprint density at radius 1 is 1.60 bits per heavy atom. The van der Waals surface area contributed by atoms with Gasteiger partial charge in [0.05, 0.1) is 24.1 Å². The van der Waals surface area contributed by atoms with Crippen molar-refractivity contribution in [3.05, 3.63) is 40.7 Å². The normalized spacial score (nSPS) is 17.6. The molecule has 5 heteroatoms. The van der Waals surface area contributed by atoms with E-state index in [1.54, 1.807) is 37.2 Å². The number of nitroso groups, excluding NO2 is 1. The molecule has 0 fully saturated rings. The van der Waals surface area contributed by atoms with Crippen molar-refractivity contribution < 1.29 is 9.53 Å². The highest BCUT2D eigenvalue weighted by atomic mass is 16.5. The highest BCUT2D eigenvalue weighted by molar-refractivity contribution is 5.92. The molecule has 0 atom stereocenters. The van der Waals surface area contributed by atoms with Crippen LogP contribution < -0.4 is 0 Å². The molecule has 0 aromatic carbocycles. The Bertz CT molecular complexity index is 356. The lowest BCUT2D eigenvalue weighted by Crippen LogP contribution is -2.17. The number of ether oxygens (including phenoxy) is 1. The van der Waals surface area contributed by atoms with E-state index in [9.17, 15) is 9.70 Å². The van der Waals surface area contributed by atoms with Crippen LogP contribution in [-0.2, 0) is 9.53 Å². The van der Waals surface area contributed by atoms with Gasteiger partial charge in [-0.2, -0.15) is 0 Å². The second-order valence-electron chi connectivity index (χ2n) is 2.91. The molecule has 0 amide bonds. The van der Waals surface area contributed by atoms with E-state index in [0.717, 1.165) is 0 Å². The maximum atomic E-state index is 11.3. The lowest BCUT2D eigenvalue weighted by atomic mass is 10.2.